The van der Waals surface area contributed by atoms with E-state index in [-0.39, 0.29) is 24.3 Å². The van der Waals surface area contributed by atoms with Crippen molar-refractivity contribution in [3.63, 3.8) is 0 Å². The largest absolute Gasteiger partial charge is 0.497 e. The molecule has 0 unspecified atom stereocenters. The first-order chi connectivity index (χ1) is 12.1. The third-order valence-electron chi connectivity index (χ3n) is 4.56. The number of hydrogen-bond acceptors (Lipinski definition) is 3. The summed E-state index contributed by atoms with van der Waals surface area (Å²) in [6.07, 6.45) is 0.931. The van der Waals surface area contributed by atoms with Gasteiger partial charge in [0, 0.05) is 12.1 Å². The molecule has 130 valence electrons. The van der Waals surface area contributed by atoms with Gasteiger partial charge in [0.1, 0.15) is 5.75 Å². The minimum Gasteiger partial charge on any atom is -0.497 e. The van der Waals surface area contributed by atoms with Crippen LogP contribution in [0.25, 0.3) is 0 Å². The Kier molecular flexibility index (Phi) is 5.03. The van der Waals surface area contributed by atoms with Crippen LogP contribution in [0.1, 0.15) is 42.9 Å². The third kappa shape index (κ3) is 3.65. The minimum absolute atomic E-state index is 0.101. The Labute approximate surface area is 147 Å². The highest BCUT2D eigenvalue weighted by molar-refractivity contribution is 6.01. The molecule has 0 radical (unpaired) electrons. The molecule has 1 aliphatic heterocycles. The van der Waals surface area contributed by atoms with Crippen molar-refractivity contribution in [3.8, 4) is 5.75 Å². The second-order valence-corrected chi connectivity index (χ2v) is 6.13. The Balaban J connectivity index is 1.79. The van der Waals surface area contributed by atoms with Crippen molar-refractivity contribution in [3.05, 3.63) is 59.7 Å². The van der Waals surface area contributed by atoms with Gasteiger partial charge in [0.2, 0.25) is 11.8 Å². The molecule has 5 heteroatoms. The molecule has 0 saturated heterocycles. The molecule has 5 nitrogen and oxygen atoms in total. The van der Waals surface area contributed by atoms with Gasteiger partial charge < -0.3 is 15.4 Å². The summed E-state index contributed by atoms with van der Waals surface area (Å²) in [6.45, 7) is 2.02. The predicted molar refractivity (Wildman–Crippen MR) is 96.6 cm³/mol. The van der Waals surface area contributed by atoms with Crippen LogP contribution < -0.4 is 15.4 Å². The summed E-state index contributed by atoms with van der Waals surface area (Å²) in [6, 6.07) is 15.0. The Bertz CT molecular complexity index is 771. The lowest BCUT2D eigenvalue weighted by molar-refractivity contribution is -0.126. The average molecular weight is 338 g/mol. The van der Waals surface area contributed by atoms with Crippen molar-refractivity contribution in [1.82, 2.24) is 5.32 Å². The van der Waals surface area contributed by atoms with Gasteiger partial charge in [-0.3, -0.25) is 9.59 Å². The van der Waals surface area contributed by atoms with Crippen LogP contribution in [0, 0.1) is 0 Å². The van der Waals surface area contributed by atoms with Crippen LogP contribution in [0.4, 0.5) is 5.69 Å². The van der Waals surface area contributed by atoms with Crippen molar-refractivity contribution in [2.24, 2.45) is 0 Å². The monoisotopic (exact) mass is 338 g/mol. The molecule has 2 amide bonds. The normalized spacial score (nSPS) is 17.2. The van der Waals surface area contributed by atoms with Gasteiger partial charge in [-0.2, -0.15) is 0 Å². The molecule has 0 fully saturated rings. The predicted octanol–water partition coefficient (Wildman–Crippen LogP) is 3.39. The van der Waals surface area contributed by atoms with E-state index in [0.717, 1.165) is 29.0 Å². The van der Waals surface area contributed by atoms with Crippen molar-refractivity contribution in [2.45, 2.75) is 31.7 Å². The number of hydrogen-bond donors (Lipinski definition) is 2. The number of benzene rings is 2. The minimum atomic E-state index is -0.461. The fraction of sp³-hybridized carbons (Fsp3) is 0.300. The molecule has 25 heavy (non-hydrogen) atoms. The highest BCUT2D eigenvalue weighted by atomic mass is 16.5. The molecule has 0 spiro atoms. The highest BCUT2D eigenvalue weighted by Gasteiger charge is 2.31. The van der Waals surface area contributed by atoms with E-state index in [1.165, 1.54) is 0 Å². The summed E-state index contributed by atoms with van der Waals surface area (Å²) in [7, 11) is 1.62. The molecule has 0 saturated carbocycles. The van der Waals surface area contributed by atoms with Crippen molar-refractivity contribution in [1.29, 1.82) is 0 Å². The number of nitrogens with one attached hydrogen (secondary N) is 2. The summed E-state index contributed by atoms with van der Waals surface area (Å²) in [5.41, 5.74) is 2.60. The maximum Gasteiger partial charge on any atom is 0.228 e. The maximum absolute atomic E-state index is 12.9. The summed E-state index contributed by atoms with van der Waals surface area (Å²) in [5, 5.41) is 5.92. The van der Waals surface area contributed by atoms with E-state index < -0.39 is 5.92 Å². The van der Waals surface area contributed by atoms with E-state index in [2.05, 4.69) is 10.6 Å². The van der Waals surface area contributed by atoms with Crippen LogP contribution in [0.5, 0.6) is 5.75 Å². The SMILES string of the molecule is CC[C@H](NC(=O)[C@H]1CC(=O)Nc2ccccc21)c1ccc(OC)cc1. The molecule has 1 aliphatic rings. The van der Waals surface area contributed by atoms with Crippen LogP contribution >= 0.6 is 0 Å². The van der Waals surface area contributed by atoms with Gasteiger partial charge in [0.05, 0.1) is 19.1 Å². The lowest BCUT2D eigenvalue weighted by Gasteiger charge is -2.27. The van der Waals surface area contributed by atoms with E-state index in [1.807, 2.05) is 55.5 Å². The second kappa shape index (κ2) is 7.38. The van der Waals surface area contributed by atoms with E-state index in [0.29, 0.717) is 0 Å². The zero-order chi connectivity index (χ0) is 17.8. The standard InChI is InChI=1S/C20H22N2O3/c1-3-17(13-8-10-14(25-2)11-9-13)22-20(24)16-12-19(23)21-18-7-5-4-6-15(16)18/h4-11,16-17H,3,12H2,1-2H3,(H,21,23)(H,22,24)/t16-,17-/m0/s1. The lowest BCUT2D eigenvalue weighted by atomic mass is 9.89. The number of ether oxygens (including phenoxy) is 1. The highest BCUT2D eigenvalue weighted by Crippen LogP contribution is 2.33. The number of rotatable bonds is 5. The first kappa shape index (κ1) is 17.0. The first-order valence-corrected chi connectivity index (χ1v) is 8.45. The second-order valence-electron chi connectivity index (χ2n) is 6.13. The lowest BCUT2D eigenvalue weighted by Crippen LogP contribution is -2.36. The molecule has 0 aliphatic carbocycles. The van der Waals surface area contributed by atoms with E-state index in [1.54, 1.807) is 7.11 Å². The van der Waals surface area contributed by atoms with Gasteiger partial charge in [0.25, 0.3) is 0 Å². The number of amides is 2. The van der Waals surface area contributed by atoms with Crippen molar-refractivity contribution in [2.75, 3.05) is 12.4 Å². The molecular formula is C20H22N2O3. The van der Waals surface area contributed by atoms with Gasteiger partial charge >= 0.3 is 0 Å². The van der Waals surface area contributed by atoms with Gasteiger partial charge in [-0.05, 0) is 35.7 Å². The van der Waals surface area contributed by atoms with Crippen molar-refractivity contribution >= 4 is 17.5 Å². The first-order valence-electron chi connectivity index (χ1n) is 8.45. The topological polar surface area (TPSA) is 67.4 Å². The number of carbonyl (C=O) groups excluding carboxylic acids is 2. The summed E-state index contributed by atoms with van der Waals surface area (Å²) in [4.78, 5) is 24.8. The van der Waals surface area contributed by atoms with Crippen molar-refractivity contribution < 1.29 is 14.3 Å². The number of anilines is 1. The van der Waals surface area contributed by atoms with Crippen LogP contribution in [0.2, 0.25) is 0 Å². The van der Waals surface area contributed by atoms with Gasteiger partial charge in [-0.1, -0.05) is 37.3 Å². The van der Waals surface area contributed by atoms with Crippen LogP contribution in [-0.4, -0.2) is 18.9 Å². The average Bonchev–Trinajstić information content (AvgIpc) is 2.65. The smallest absolute Gasteiger partial charge is 0.228 e. The van der Waals surface area contributed by atoms with E-state index in [9.17, 15) is 9.59 Å². The number of carbonyl (C=O) groups is 2. The fourth-order valence-corrected chi connectivity index (χ4v) is 3.17. The van der Waals surface area contributed by atoms with Crippen LogP contribution in [-0.2, 0) is 9.59 Å². The summed E-state index contributed by atoms with van der Waals surface area (Å²) >= 11 is 0. The molecule has 1 heterocycles. The maximum atomic E-state index is 12.9. The summed E-state index contributed by atoms with van der Waals surface area (Å²) < 4.78 is 5.18. The zero-order valence-electron chi connectivity index (χ0n) is 14.4. The number of fused-ring (bicyclic) bond motifs is 1. The molecule has 2 atom stereocenters. The number of methoxy groups -OCH3 is 1. The van der Waals surface area contributed by atoms with E-state index >= 15 is 0 Å². The molecule has 2 aromatic rings. The molecular weight excluding hydrogens is 316 g/mol. The summed E-state index contributed by atoms with van der Waals surface area (Å²) in [5.74, 6) is 0.0707. The van der Waals surface area contributed by atoms with Crippen LogP contribution in [0.3, 0.4) is 0 Å². The van der Waals surface area contributed by atoms with Crippen LogP contribution in [0.15, 0.2) is 48.5 Å². The molecule has 0 aromatic heterocycles. The zero-order valence-corrected chi connectivity index (χ0v) is 14.4. The van der Waals surface area contributed by atoms with Gasteiger partial charge in [-0.25, -0.2) is 0 Å². The molecule has 2 N–H and O–H groups in total. The van der Waals surface area contributed by atoms with Gasteiger partial charge in [-0.15, -0.1) is 0 Å². The Morgan fingerprint density at radius 2 is 1.96 bits per heavy atom. The molecule has 0 bridgehead atoms. The fourth-order valence-electron chi connectivity index (χ4n) is 3.17. The third-order valence-corrected chi connectivity index (χ3v) is 4.56. The quantitative estimate of drug-likeness (QED) is 0.878. The number of para-hydroxylation sites is 1. The molecule has 3 rings (SSSR count). The Morgan fingerprint density at radius 3 is 2.64 bits per heavy atom. The van der Waals surface area contributed by atoms with E-state index in [4.69, 9.17) is 4.74 Å². The van der Waals surface area contributed by atoms with Gasteiger partial charge in [0.15, 0.2) is 0 Å². The molecule has 2 aromatic carbocycles. The Morgan fingerprint density at radius 1 is 1.24 bits per heavy atom. The Hall–Kier alpha value is -2.82.